The molecule has 8 heteroatoms. The summed E-state index contributed by atoms with van der Waals surface area (Å²) in [6, 6.07) is 8.75. The summed E-state index contributed by atoms with van der Waals surface area (Å²) in [6.07, 6.45) is 4.57. The van der Waals surface area contributed by atoms with Crippen LogP contribution in [0, 0.1) is 0 Å². The fourth-order valence-electron chi connectivity index (χ4n) is 3.82. The van der Waals surface area contributed by atoms with Gasteiger partial charge in [-0.2, -0.15) is 16.9 Å². The molecule has 3 aromatic heterocycles. The quantitative estimate of drug-likeness (QED) is 0.729. The maximum Gasteiger partial charge on any atom is 0.267 e. The molecule has 3 aromatic rings. The molecule has 7 nitrogen and oxygen atoms in total. The van der Waals surface area contributed by atoms with Gasteiger partial charge in [0.2, 0.25) is 0 Å². The van der Waals surface area contributed by atoms with E-state index in [1.807, 2.05) is 46.6 Å². The summed E-state index contributed by atoms with van der Waals surface area (Å²) in [5.41, 5.74) is 3.41. The van der Waals surface area contributed by atoms with E-state index in [4.69, 9.17) is 4.74 Å². The summed E-state index contributed by atoms with van der Waals surface area (Å²) < 4.78 is 9.01. The Kier molecular flexibility index (Phi) is 4.44. The number of carbonyl (C=O) groups excluding carboxylic acids is 1. The number of hydrogen-bond donors (Lipinski definition) is 1. The number of amides is 1. The molecule has 0 aliphatic carbocycles. The molecule has 0 bridgehead atoms. The van der Waals surface area contributed by atoms with Gasteiger partial charge in [-0.15, -0.1) is 0 Å². The number of nitrogens with one attached hydrogen (secondary N) is 1. The van der Waals surface area contributed by atoms with Crippen LogP contribution >= 0.6 is 11.8 Å². The summed E-state index contributed by atoms with van der Waals surface area (Å²) >= 11 is 1.82. The predicted octanol–water partition coefficient (Wildman–Crippen LogP) is 1.66. The van der Waals surface area contributed by atoms with Gasteiger partial charge < -0.3 is 14.5 Å². The first kappa shape index (κ1) is 17.5. The van der Waals surface area contributed by atoms with Crippen molar-refractivity contribution < 1.29 is 9.53 Å². The number of aromatic nitrogens is 3. The highest BCUT2D eigenvalue weighted by molar-refractivity contribution is 7.98. The number of fused-ring (bicyclic) bond motifs is 2. The molecule has 0 aromatic carbocycles. The zero-order chi connectivity index (χ0) is 19.1. The Morgan fingerprint density at radius 2 is 2.21 bits per heavy atom. The number of ether oxygens (including phenoxy) is 1. The molecule has 0 spiro atoms. The van der Waals surface area contributed by atoms with Crippen LogP contribution in [-0.4, -0.2) is 45.1 Å². The number of rotatable bonds is 3. The first-order chi connectivity index (χ1) is 13.7. The van der Waals surface area contributed by atoms with Gasteiger partial charge in [0, 0.05) is 36.2 Å². The lowest BCUT2D eigenvalue weighted by Gasteiger charge is -2.22. The van der Waals surface area contributed by atoms with Gasteiger partial charge in [-0.1, -0.05) is 6.07 Å². The average Bonchev–Trinajstić information content (AvgIpc) is 3.34. The van der Waals surface area contributed by atoms with E-state index < -0.39 is 0 Å². The molecule has 1 saturated heterocycles. The van der Waals surface area contributed by atoms with Crippen molar-refractivity contribution in [1.82, 2.24) is 19.5 Å². The van der Waals surface area contributed by atoms with Crippen LogP contribution in [-0.2, 0) is 16.9 Å². The number of pyridine rings is 1. The fraction of sp³-hybridized carbons (Fsp3) is 0.350. The van der Waals surface area contributed by atoms with Gasteiger partial charge in [-0.3, -0.25) is 9.59 Å². The van der Waals surface area contributed by atoms with E-state index >= 15 is 0 Å². The average molecular weight is 396 g/mol. The van der Waals surface area contributed by atoms with Crippen molar-refractivity contribution in [3.8, 4) is 0 Å². The molecule has 144 valence electrons. The Balaban J connectivity index is 1.40. The first-order valence-corrected chi connectivity index (χ1v) is 10.5. The van der Waals surface area contributed by atoms with Crippen LogP contribution in [0.4, 0.5) is 0 Å². The van der Waals surface area contributed by atoms with Gasteiger partial charge in [0.05, 0.1) is 30.5 Å². The molecule has 2 atom stereocenters. The van der Waals surface area contributed by atoms with Crippen molar-refractivity contribution in [3.63, 3.8) is 0 Å². The third kappa shape index (κ3) is 3.12. The minimum atomic E-state index is -0.298. The minimum Gasteiger partial charge on any atom is -0.377 e. The van der Waals surface area contributed by atoms with Gasteiger partial charge in [0.25, 0.3) is 11.5 Å². The molecule has 2 unspecified atom stereocenters. The normalized spacial score (nSPS) is 21.6. The second-order valence-corrected chi connectivity index (χ2v) is 8.25. The number of carbonyl (C=O) groups is 1. The maximum atomic E-state index is 12.8. The standard InChI is InChI=1S/C20H20N4O3S/c25-19-8-14-12-28-6-4-16(14)22-24(19)18-11-27-10-17(18)21-20(26)13-7-15-3-1-2-5-23(15)9-13/h1-3,5,7-9,17-18H,4,6,10-12H2,(H,21,26). The topological polar surface area (TPSA) is 77.6 Å². The van der Waals surface area contributed by atoms with Crippen molar-refractivity contribution in [1.29, 1.82) is 0 Å². The van der Waals surface area contributed by atoms with Crippen LogP contribution in [0.3, 0.4) is 0 Å². The number of aryl methyl sites for hydroxylation is 1. The molecule has 1 N–H and O–H groups in total. The van der Waals surface area contributed by atoms with E-state index in [9.17, 15) is 9.59 Å². The third-order valence-electron chi connectivity index (χ3n) is 5.31. The zero-order valence-electron chi connectivity index (χ0n) is 15.2. The number of nitrogens with zero attached hydrogens (tertiary/aromatic N) is 3. The largest absolute Gasteiger partial charge is 0.377 e. The molecule has 28 heavy (non-hydrogen) atoms. The van der Waals surface area contributed by atoms with Crippen molar-refractivity contribution in [2.24, 2.45) is 0 Å². The zero-order valence-corrected chi connectivity index (χ0v) is 16.0. The molecule has 0 saturated carbocycles. The highest BCUT2D eigenvalue weighted by Crippen LogP contribution is 2.24. The molecular formula is C20H20N4O3S. The van der Waals surface area contributed by atoms with Gasteiger partial charge in [0.15, 0.2) is 0 Å². The van der Waals surface area contributed by atoms with E-state index in [-0.39, 0.29) is 23.6 Å². The van der Waals surface area contributed by atoms with Gasteiger partial charge in [-0.25, -0.2) is 4.68 Å². The molecule has 2 aliphatic rings. The highest BCUT2D eigenvalue weighted by atomic mass is 32.2. The fourth-order valence-corrected chi connectivity index (χ4v) is 4.77. The summed E-state index contributed by atoms with van der Waals surface area (Å²) in [5.74, 6) is 1.68. The lowest BCUT2D eigenvalue weighted by atomic mass is 10.1. The molecular weight excluding hydrogens is 376 g/mol. The van der Waals surface area contributed by atoms with Crippen LogP contribution in [0.25, 0.3) is 5.52 Å². The first-order valence-electron chi connectivity index (χ1n) is 9.34. The van der Waals surface area contributed by atoms with E-state index in [2.05, 4.69) is 10.4 Å². The Morgan fingerprint density at radius 1 is 1.29 bits per heavy atom. The summed E-state index contributed by atoms with van der Waals surface area (Å²) in [7, 11) is 0. The Bertz CT molecular complexity index is 1070. The minimum absolute atomic E-state index is 0.134. The van der Waals surface area contributed by atoms with E-state index in [1.54, 1.807) is 12.3 Å². The lowest BCUT2D eigenvalue weighted by Crippen LogP contribution is -2.44. The SMILES string of the molecule is O=C(NC1COCC1n1nc2c(cc1=O)CSCC2)c1cc2ccccn2c1. The van der Waals surface area contributed by atoms with Gasteiger partial charge in [0.1, 0.15) is 6.04 Å². The van der Waals surface area contributed by atoms with Crippen LogP contribution in [0.15, 0.2) is 47.5 Å². The predicted molar refractivity (Wildman–Crippen MR) is 107 cm³/mol. The molecule has 5 heterocycles. The van der Waals surface area contributed by atoms with Crippen molar-refractivity contribution in [3.05, 3.63) is 69.9 Å². The van der Waals surface area contributed by atoms with Crippen molar-refractivity contribution >= 4 is 23.2 Å². The van der Waals surface area contributed by atoms with Gasteiger partial charge >= 0.3 is 0 Å². The van der Waals surface area contributed by atoms with E-state index in [1.165, 1.54) is 4.68 Å². The van der Waals surface area contributed by atoms with Crippen molar-refractivity contribution in [2.75, 3.05) is 19.0 Å². The van der Waals surface area contributed by atoms with Crippen LogP contribution in [0.5, 0.6) is 0 Å². The smallest absolute Gasteiger partial charge is 0.267 e. The molecule has 1 fully saturated rings. The molecule has 2 aliphatic heterocycles. The van der Waals surface area contributed by atoms with Crippen LogP contribution in [0.1, 0.15) is 27.7 Å². The second-order valence-electron chi connectivity index (χ2n) is 7.15. The Labute approximate surface area is 165 Å². The Hall–Kier alpha value is -2.58. The number of hydrogen-bond acceptors (Lipinski definition) is 5. The van der Waals surface area contributed by atoms with E-state index in [0.29, 0.717) is 18.8 Å². The Morgan fingerprint density at radius 3 is 3.11 bits per heavy atom. The van der Waals surface area contributed by atoms with Crippen LogP contribution in [0.2, 0.25) is 0 Å². The summed E-state index contributed by atoms with van der Waals surface area (Å²) in [6.45, 7) is 0.730. The molecule has 0 radical (unpaired) electrons. The highest BCUT2D eigenvalue weighted by Gasteiger charge is 2.33. The maximum absolute atomic E-state index is 12.8. The monoisotopic (exact) mass is 396 g/mol. The van der Waals surface area contributed by atoms with E-state index in [0.717, 1.165) is 34.7 Å². The summed E-state index contributed by atoms with van der Waals surface area (Å²) in [4.78, 5) is 25.4. The third-order valence-corrected chi connectivity index (χ3v) is 6.32. The molecule has 1 amide bonds. The van der Waals surface area contributed by atoms with Gasteiger partial charge in [-0.05, 0) is 29.5 Å². The number of thioether (sulfide) groups is 1. The van der Waals surface area contributed by atoms with Crippen LogP contribution < -0.4 is 10.9 Å². The lowest BCUT2D eigenvalue weighted by molar-refractivity contribution is 0.0924. The molecule has 5 rings (SSSR count). The summed E-state index contributed by atoms with van der Waals surface area (Å²) in [5, 5.41) is 7.65. The second kappa shape index (κ2) is 7.10. The van der Waals surface area contributed by atoms with Crippen molar-refractivity contribution in [2.45, 2.75) is 24.3 Å².